The maximum atomic E-state index is 11.8. The second-order valence-corrected chi connectivity index (χ2v) is 6.79. The molecule has 0 aliphatic heterocycles. The third-order valence-electron chi connectivity index (χ3n) is 3.31. The summed E-state index contributed by atoms with van der Waals surface area (Å²) < 4.78 is 11.3. The van der Waals surface area contributed by atoms with Crippen molar-refractivity contribution in [3.05, 3.63) is 63.9 Å². The van der Waals surface area contributed by atoms with Crippen LogP contribution in [0.3, 0.4) is 0 Å². The Balaban J connectivity index is 2.28. The molecule has 5 nitrogen and oxygen atoms in total. The average molecular weight is 336 g/mol. The minimum absolute atomic E-state index is 0.433. The predicted molar refractivity (Wildman–Crippen MR) is 86.7 cm³/mol. The zero-order valence-electron chi connectivity index (χ0n) is 11.2. The van der Waals surface area contributed by atoms with Crippen LogP contribution in [0.2, 0.25) is 5.02 Å². The first-order valence-corrected chi connectivity index (χ1v) is 8.33. The molecule has 22 heavy (non-hydrogen) atoms. The first kappa shape index (κ1) is 15.0. The van der Waals surface area contributed by atoms with Gasteiger partial charge in [-0.2, -0.15) is 0 Å². The molecule has 0 bridgehead atoms. The van der Waals surface area contributed by atoms with Crippen LogP contribution < -0.4 is 10.9 Å². The van der Waals surface area contributed by atoms with Crippen molar-refractivity contribution in [2.75, 3.05) is 0 Å². The highest BCUT2D eigenvalue weighted by Gasteiger charge is 2.22. The van der Waals surface area contributed by atoms with Crippen LogP contribution in [0.5, 0.6) is 0 Å². The van der Waals surface area contributed by atoms with Gasteiger partial charge in [0.05, 0.1) is 0 Å². The van der Waals surface area contributed by atoms with Gasteiger partial charge in [-0.25, -0.2) is 0 Å². The number of nitrogens with one attached hydrogen (secondary N) is 1. The summed E-state index contributed by atoms with van der Waals surface area (Å²) in [5, 5.41) is 0.327. The number of pyridine rings is 1. The lowest BCUT2D eigenvalue weighted by Gasteiger charge is -2.09. The lowest BCUT2D eigenvalue weighted by molar-refractivity contribution is 0.387. The molecular formula is C15H11ClNO4P. The van der Waals surface area contributed by atoms with E-state index in [1.54, 1.807) is 12.1 Å². The fourth-order valence-electron chi connectivity index (χ4n) is 2.27. The van der Waals surface area contributed by atoms with E-state index >= 15 is 0 Å². The number of halogens is 1. The molecule has 0 spiro atoms. The molecule has 0 amide bonds. The summed E-state index contributed by atoms with van der Waals surface area (Å²) in [6.45, 7) is 0. The number of benzene rings is 2. The van der Waals surface area contributed by atoms with E-state index in [9.17, 15) is 19.1 Å². The summed E-state index contributed by atoms with van der Waals surface area (Å²) in [6, 6.07) is 13.8. The van der Waals surface area contributed by atoms with E-state index in [4.69, 9.17) is 11.6 Å². The molecule has 1 heterocycles. The van der Waals surface area contributed by atoms with Crippen molar-refractivity contribution in [1.29, 1.82) is 0 Å². The quantitative estimate of drug-likeness (QED) is 0.628. The molecule has 7 heteroatoms. The smallest absolute Gasteiger partial charge is 0.321 e. The van der Waals surface area contributed by atoms with E-state index in [2.05, 4.69) is 4.98 Å². The van der Waals surface area contributed by atoms with Crippen molar-refractivity contribution in [2.45, 2.75) is 0 Å². The summed E-state index contributed by atoms with van der Waals surface area (Å²) in [5.74, 6) is 0. The van der Waals surface area contributed by atoms with Crippen molar-refractivity contribution in [3.8, 4) is 11.1 Å². The predicted octanol–water partition coefficient (Wildman–Crippen LogP) is 2.65. The van der Waals surface area contributed by atoms with Crippen LogP contribution in [0, 0.1) is 0 Å². The number of rotatable bonds is 2. The first-order chi connectivity index (χ1) is 10.4. The van der Waals surface area contributed by atoms with E-state index < -0.39 is 18.5 Å². The fraction of sp³-hybridized carbons (Fsp3) is 0. The molecule has 0 saturated heterocycles. The standard InChI is InChI=1S/C15H11ClNO4P/c16-12-6-10-7-14(22(19,20)21)15(18)17-13(10)8-11(12)9-4-2-1-3-5-9/h1-8H,(H,17,18)(H2,19,20,21). The lowest BCUT2D eigenvalue weighted by Crippen LogP contribution is -2.26. The van der Waals surface area contributed by atoms with E-state index in [-0.39, 0.29) is 0 Å². The van der Waals surface area contributed by atoms with E-state index in [1.807, 2.05) is 30.3 Å². The van der Waals surface area contributed by atoms with Crippen LogP contribution in [0.25, 0.3) is 22.0 Å². The minimum atomic E-state index is -4.63. The summed E-state index contributed by atoms with van der Waals surface area (Å²) in [6.07, 6.45) is 0. The van der Waals surface area contributed by atoms with Crippen LogP contribution in [-0.2, 0) is 4.57 Å². The number of H-pyrrole nitrogens is 1. The van der Waals surface area contributed by atoms with Crippen LogP contribution in [0.4, 0.5) is 0 Å². The molecule has 3 rings (SSSR count). The van der Waals surface area contributed by atoms with Crippen LogP contribution in [0.15, 0.2) is 53.3 Å². The SMILES string of the molecule is O=c1[nH]c2cc(-c3ccccc3)c(Cl)cc2cc1P(=O)(O)O. The highest BCUT2D eigenvalue weighted by Crippen LogP contribution is 2.34. The second kappa shape index (κ2) is 5.38. The van der Waals surface area contributed by atoms with Gasteiger partial charge in [-0.1, -0.05) is 41.9 Å². The van der Waals surface area contributed by atoms with Gasteiger partial charge in [0.15, 0.2) is 0 Å². The largest absolute Gasteiger partial charge is 0.361 e. The molecule has 3 N–H and O–H groups in total. The Morgan fingerprint density at radius 3 is 2.36 bits per heavy atom. The van der Waals surface area contributed by atoms with Crippen molar-refractivity contribution < 1.29 is 14.4 Å². The molecule has 0 radical (unpaired) electrons. The third-order valence-corrected chi connectivity index (χ3v) is 4.58. The average Bonchev–Trinajstić information content (AvgIpc) is 2.46. The Hall–Kier alpha value is -1.91. The monoisotopic (exact) mass is 335 g/mol. The first-order valence-electron chi connectivity index (χ1n) is 6.34. The topological polar surface area (TPSA) is 90.4 Å². The molecule has 0 atom stereocenters. The van der Waals surface area contributed by atoms with Gasteiger partial charge in [0.25, 0.3) is 5.56 Å². The minimum Gasteiger partial charge on any atom is -0.321 e. The molecule has 0 saturated carbocycles. The van der Waals surface area contributed by atoms with E-state index in [1.165, 1.54) is 6.07 Å². The molecule has 1 aromatic heterocycles. The molecule has 0 aliphatic rings. The van der Waals surface area contributed by atoms with Gasteiger partial charge < -0.3 is 14.8 Å². The second-order valence-electron chi connectivity index (χ2n) is 4.81. The maximum absolute atomic E-state index is 11.8. The van der Waals surface area contributed by atoms with Gasteiger partial charge in [0, 0.05) is 21.5 Å². The Bertz CT molecular complexity index is 962. The molecule has 0 unspecified atom stereocenters. The van der Waals surface area contributed by atoms with Gasteiger partial charge in [0.2, 0.25) is 0 Å². The Labute approximate surface area is 130 Å². The molecule has 112 valence electrons. The Kier molecular flexibility index (Phi) is 3.67. The zero-order valence-corrected chi connectivity index (χ0v) is 12.8. The van der Waals surface area contributed by atoms with Crippen LogP contribution in [-0.4, -0.2) is 14.8 Å². The summed E-state index contributed by atoms with van der Waals surface area (Å²) in [5.41, 5.74) is 1.27. The number of hydrogen-bond donors (Lipinski definition) is 3. The summed E-state index contributed by atoms with van der Waals surface area (Å²) in [4.78, 5) is 32.7. The van der Waals surface area contributed by atoms with Crippen LogP contribution in [0.1, 0.15) is 0 Å². The molecule has 2 aromatic carbocycles. The lowest BCUT2D eigenvalue weighted by atomic mass is 10.0. The van der Waals surface area contributed by atoms with Gasteiger partial charge in [0.1, 0.15) is 5.30 Å². The summed E-state index contributed by atoms with van der Waals surface area (Å²) in [7, 11) is -4.63. The van der Waals surface area contributed by atoms with Crippen molar-refractivity contribution in [2.24, 2.45) is 0 Å². The molecule has 0 aliphatic carbocycles. The maximum Gasteiger partial charge on any atom is 0.361 e. The number of aromatic nitrogens is 1. The van der Waals surface area contributed by atoms with Crippen LogP contribution >= 0.6 is 19.2 Å². The number of fused-ring (bicyclic) bond motifs is 1. The zero-order chi connectivity index (χ0) is 15.9. The highest BCUT2D eigenvalue weighted by atomic mass is 35.5. The number of aromatic amines is 1. The Morgan fingerprint density at radius 1 is 1.05 bits per heavy atom. The normalized spacial score (nSPS) is 11.8. The van der Waals surface area contributed by atoms with Crippen molar-refractivity contribution >= 4 is 35.4 Å². The van der Waals surface area contributed by atoms with Gasteiger partial charge >= 0.3 is 7.60 Å². The van der Waals surface area contributed by atoms with Gasteiger partial charge in [-0.05, 0) is 23.8 Å². The van der Waals surface area contributed by atoms with Gasteiger partial charge in [-0.15, -0.1) is 0 Å². The molecule has 0 fully saturated rings. The summed E-state index contributed by atoms with van der Waals surface area (Å²) >= 11 is 6.26. The number of hydrogen-bond acceptors (Lipinski definition) is 2. The van der Waals surface area contributed by atoms with E-state index in [0.717, 1.165) is 11.1 Å². The fourth-order valence-corrected chi connectivity index (χ4v) is 3.18. The molecular weight excluding hydrogens is 325 g/mol. The third kappa shape index (κ3) is 2.72. The van der Waals surface area contributed by atoms with Gasteiger partial charge in [-0.3, -0.25) is 9.36 Å². The molecule has 3 aromatic rings. The van der Waals surface area contributed by atoms with E-state index in [0.29, 0.717) is 15.9 Å². The van der Waals surface area contributed by atoms with Crippen molar-refractivity contribution in [3.63, 3.8) is 0 Å². The highest BCUT2D eigenvalue weighted by molar-refractivity contribution is 7.60. The Morgan fingerprint density at radius 2 is 1.73 bits per heavy atom. The van der Waals surface area contributed by atoms with Crippen molar-refractivity contribution in [1.82, 2.24) is 4.98 Å².